The number of phenols is 1. The summed E-state index contributed by atoms with van der Waals surface area (Å²) >= 11 is 6.71. The molecule has 0 aliphatic heterocycles. The van der Waals surface area contributed by atoms with Gasteiger partial charge in [-0.1, -0.05) is 28.1 Å². The van der Waals surface area contributed by atoms with Gasteiger partial charge in [-0.2, -0.15) is 5.10 Å². The molecule has 0 amide bonds. The molecule has 0 radical (unpaired) electrons. The van der Waals surface area contributed by atoms with Crippen molar-refractivity contribution in [1.82, 2.24) is 9.97 Å². The van der Waals surface area contributed by atoms with Crippen molar-refractivity contribution < 1.29 is 9.50 Å². The van der Waals surface area contributed by atoms with Crippen LogP contribution in [-0.4, -0.2) is 20.8 Å². The number of nitrogens with zero attached hydrogens (tertiary/aromatic N) is 3. The van der Waals surface area contributed by atoms with Crippen molar-refractivity contribution in [2.45, 2.75) is 13.8 Å². The minimum absolute atomic E-state index is 0.0562. The first-order chi connectivity index (χ1) is 12.8. The van der Waals surface area contributed by atoms with Crippen molar-refractivity contribution in [2.75, 3.05) is 5.43 Å². The largest absolute Gasteiger partial charge is 0.506 e. The van der Waals surface area contributed by atoms with E-state index in [4.69, 9.17) is 0 Å². The summed E-state index contributed by atoms with van der Waals surface area (Å²) < 4.78 is 14.4. The van der Waals surface area contributed by atoms with Crippen LogP contribution in [-0.2, 0) is 0 Å². The number of hydrogen-bond donors (Lipinski definition) is 2. The molecule has 3 rings (SSSR count). The molecule has 0 aliphatic rings. The topological polar surface area (TPSA) is 70.4 Å². The van der Waals surface area contributed by atoms with Crippen LogP contribution >= 0.6 is 31.9 Å². The Balaban J connectivity index is 1.92. The number of benzene rings is 2. The molecule has 0 saturated heterocycles. The van der Waals surface area contributed by atoms with Gasteiger partial charge < -0.3 is 5.11 Å². The third-order valence-corrected chi connectivity index (χ3v) is 4.79. The summed E-state index contributed by atoms with van der Waals surface area (Å²) in [6.45, 7) is 3.64. The van der Waals surface area contributed by atoms with Gasteiger partial charge in [0.1, 0.15) is 11.6 Å². The standard InChI is InChI=1S/C19H15Br2FN4O/c1-10-7-17(26-25-11(2)12-3-5-14(22)6-4-12)24-19(23-10)15-8-13(20)9-16(21)18(15)27/h3-9,27H,1-2H3,(H,23,24,26)/b25-11-. The second-order valence-corrected chi connectivity index (χ2v) is 7.59. The van der Waals surface area contributed by atoms with Crippen molar-refractivity contribution in [1.29, 1.82) is 0 Å². The van der Waals surface area contributed by atoms with Crippen molar-refractivity contribution in [3.63, 3.8) is 0 Å². The van der Waals surface area contributed by atoms with E-state index in [9.17, 15) is 9.50 Å². The van der Waals surface area contributed by atoms with E-state index in [0.717, 1.165) is 10.0 Å². The number of aromatic nitrogens is 2. The van der Waals surface area contributed by atoms with Crippen LogP contribution in [0.15, 0.2) is 56.5 Å². The maximum atomic E-state index is 13.0. The van der Waals surface area contributed by atoms with Crippen LogP contribution in [0, 0.1) is 12.7 Å². The van der Waals surface area contributed by atoms with E-state index in [1.54, 1.807) is 30.3 Å². The first-order valence-corrected chi connectivity index (χ1v) is 9.52. The predicted molar refractivity (Wildman–Crippen MR) is 112 cm³/mol. The summed E-state index contributed by atoms with van der Waals surface area (Å²) in [6.07, 6.45) is 0. The van der Waals surface area contributed by atoms with Gasteiger partial charge in [-0.3, -0.25) is 5.43 Å². The molecule has 0 spiro atoms. The Morgan fingerprint density at radius 2 is 1.81 bits per heavy atom. The molecule has 1 aromatic heterocycles. The predicted octanol–water partition coefficient (Wildman–Crippen LogP) is 5.66. The van der Waals surface area contributed by atoms with E-state index in [-0.39, 0.29) is 11.6 Å². The van der Waals surface area contributed by atoms with Crippen LogP contribution in [0.2, 0.25) is 0 Å². The monoisotopic (exact) mass is 492 g/mol. The highest BCUT2D eigenvalue weighted by atomic mass is 79.9. The molecular weight excluding hydrogens is 479 g/mol. The minimum Gasteiger partial charge on any atom is -0.506 e. The first kappa shape index (κ1) is 19.4. The molecule has 3 aromatic rings. The quantitative estimate of drug-likeness (QED) is 0.363. The number of nitrogens with one attached hydrogen (secondary N) is 1. The molecule has 0 bridgehead atoms. The van der Waals surface area contributed by atoms with Gasteiger partial charge >= 0.3 is 0 Å². The average Bonchev–Trinajstić information content (AvgIpc) is 2.63. The third kappa shape index (κ3) is 4.70. The molecule has 2 N–H and O–H groups in total. The van der Waals surface area contributed by atoms with Gasteiger partial charge in [0.2, 0.25) is 0 Å². The van der Waals surface area contributed by atoms with E-state index < -0.39 is 0 Å². The van der Waals surface area contributed by atoms with E-state index in [2.05, 4.69) is 52.4 Å². The Bertz CT molecular complexity index is 1020. The number of hydrazone groups is 1. The van der Waals surface area contributed by atoms with Gasteiger partial charge in [0.25, 0.3) is 0 Å². The number of anilines is 1. The van der Waals surface area contributed by atoms with E-state index in [1.165, 1.54) is 12.1 Å². The van der Waals surface area contributed by atoms with Gasteiger partial charge in [0.05, 0.1) is 15.7 Å². The van der Waals surface area contributed by atoms with Crippen molar-refractivity contribution in [3.8, 4) is 17.1 Å². The summed E-state index contributed by atoms with van der Waals surface area (Å²) in [5.74, 6) is 0.609. The third-order valence-electron chi connectivity index (χ3n) is 3.72. The zero-order valence-electron chi connectivity index (χ0n) is 14.5. The van der Waals surface area contributed by atoms with Crippen LogP contribution < -0.4 is 5.43 Å². The molecule has 0 saturated carbocycles. The Kier molecular flexibility index (Phi) is 5.86. The molecule has 0 fully saturated rings. The van der Waals surface area contributed by atoms with Gasteiger partial charge in [-0.15, -0.1) is 0 Å². The molecule has 0 aliphatic carbocycles. The Hall–Kier alpha value is -2.32. The smallest absolute Gasteiger partial charge is 0.165 e. The number of aryl methyl sites for hydroxylation is 1. The zero-order valence-corrected chi connectivity index (χ0v) is 17.6. The molecule has 5 nitrogen and oxygen atoms in total. The molecule has 8 heteroatoms. The number of hydrogen-bond acceptors (Lipinski definition) is 5. The molecular formula is C19H15Br2FN4O. The van der Waals surface area contributed by atoms with Gasteiger partial charge in [-0.25, -0.2) is 14.4 Å². The minimum atomic E-state index is -0.296. The highest BCUT2D eigenvalue weighted by Gasteiger charge is 2.13. The van der Waals surface area contributed by atoms with E-state index in [0.29, 0.717) is 33.1 Å². The summed E-state index contributed by atoms with van der Waals surface area (Å²) in [7, 11) is 0. The Morgan fingerprint density at radius 3 is 2.52 bits per heavy atom. The highest BCUT2D eigenvalue weighted by Crippen LogP contribution is 2.37. The molecule has 138 valence electrons. The van der Waals surface area contributed by atoms with Gasteiger partial charge in [-0.05, 0) is 59.6 Å². The second kappa shape index (κ2) is 8.14. The zero-order chi connectivity index (χ0) is 19.6. The fraction of sp³-hybridized carbons (Fsp3) is 0.105. The van der Waals surface area contributed by atoms with Crippen LogP contribution in [0.5, 0.6) is 5.75 Å². The molecule has 0 atom stereocenters. The lowest BCUT2D eigenvalue weighted by Gasteiger charge is -2.09. The van der Waals surface area contributed by atoms with Crippen LogP contribution in [0.4, 0.5) is 10.2 Å². The summed E-state index contributed by atoms with van der Waals surface area (Å²) in [6, 6.07) is 11.3. The molecule has 1 heterocycles. The first-order valence-electron chi connectivity index (χ1n) is 7.94. The average molecular weight is 494 g/mol. The number of halogens is 3. The molecule has 27 heavy (non-hydrogen) atoms. The summed E-state index contributed by atoms with van der Waals surface area (Å²) in [4.78, 5) is 8.83. The van der Waals surface area contributed by atoms with E-state index in [1.807, 2.05) is 13.8 Å². The van der Waals surface area contributed by atoms with Crippen molar-refractivity contribution in [2.24, 2.45) is 5.10 Å². The van der Waals surface area contributed by atoms with Gasteiger partial charge in [0, 0.05) is 16.2 Å². The number of phenolic OH excluding ortho intramolecular Hbond substituents is 1. The lowest BCUT2D eigenvalue weighted by molar-refractivity contribution is 0.473. The fourth-order valence-electron chi connectivity index (χ4n) is 2.38. The van der Waals surface area contributed by atoms with E-state index >= 15 is 0 Å². The van der Waals surface area contributed by atoms with Crippen molar-refractivity contribution >= 4 is 43.4 Å². The Labute approximate surface area is 172 Å². The SMILES string of the molecule is C/C(=N/Nc1cc(C)nc(-c2cc(Br)cc(Br)c2O)n1)c1ccc(F)cc1. The second-order valence-electron chi connectivity index (χ2n) is 5.82. The molecule has 0 unspecified atom stereocenters. The lowest BCUT2D eigenvalue weighted by Crippen LogP contribution is -2.03. The maximum absolute atomic E-state index is 13.0. The van der Waals surface area contributed by atoms with Crippen LogP contribution in [0.3, 0.4) is 0 Å². The summed E-state index contributed by atoms with van der Waals surface area (Å²) in [5.41, 5.74) is 5.58. The lowest BCUT2D eigenvalue weighted by atomic mass is 10.1. The van der Waals surface area contributed by atoms with Crippen LogP contribution in [0.25, 0.3) is 11.4 Å². The highest BCUT2D eigenvalue weighted by molar-refractivity contribution is 9.11. The molecule has 2 aromatic carbocycles. The van der Waals surface area contributed by atoms with Crippen LogP contribution in [0.1, 0.15) is 18.2 Å². The number of rotatable bonds is 4. The fourth-order valence-corrected chi connectivity index (χ4v) is 3.60. The maximum Gasteiger partial charge on any atom is 0.165 e. The Morgan fingerprint density at radius 1 is 1.11 bits per heavy atom. The number of aromatic hydroxyl groups is 1. The van der Waals surface area contributed by atoms with Crippen molar-refractivity contribution in [3.05, 3.63) is 68.5 Å². The summed E-state index contributed by atoms with van der Waals surface area (Å²) in [5, 5.41) is 14.6. The normalized spacial score (nSPS) is 11.5. The van der Waals surface area contributed by atoms with Gasteiger partial charge in [0.15, 0.2) is 11.6 Å².